The average Bonchev–Trinajstić information content (AvgIpc) is 2.68. The summed E-state index contributed by atoms with van der Waals surface area (Å²) in [5.74, 6) is 0.245. The number of fused-ring (bicyclic) bond motifs is 1. The quantitative estimate of drug-likeness (QED) is 0.772. The fourth-order valence-electron chi connectivity index (χ4n) is 2.22. The first kappa shape index (κ1) is 10.5. The molecule has 2 aromatic rings. The van der Waals surface area contributed by atoms with Gasteiger partial charge in [0.25, 0.3) is 0 Å². The van der Waals surface area contributed by atoms with E-state index in [-0.39, 0.29) is 5.75 Å². The third-order valence-corrected chi connectivity index (χ3v) is 4.93. The third kappa shape index (κ3) is 1.76. The molecule has 1 aliphatic rings. The van der Waals surface area contributed by atoms with Gasteiger partial charge in [-0.25, -0.2) is 8.42 Å². The van der Waals surface area contributed by atoms with E-state index in [1.165, 1.54) is 0 Å². The number of hydrogen-bond acceptors (Lipinski definition) is 2. The first-order chi connectivity index (χ1) is 8.17. The molecular formula is C14H12O2S. The number of sulfone groups is 1. The van der Waals surface area contributed by atoms with E-state index in [4.69, 9.17) is 0 Å². The topological polar surface area (TPSA) is 34.1 Å². The molecule has 0 amide bonds. The van der Waals surface area contributed by atoms with Crippen molar-refractivity contribution in [3.63, 3.8) is 0 Å². The SMILES string of the molecule is O=S1(=O)CCC=C1c1ccc2ccccc2c1. The lowest BCUT2D eigenvalue weighted by Crippen LogP contribution is -2.01. The molecule has 17 heavy (non-hydrogen) atoms. The normalized spacial score (nSPS) is 18.2. The van der Waals surface area contributed by atoms with Crippen LogP contribution in [0.3, 0.4) is 0 Å². The minimum Gasteiger partial charge on any atom is -0.224 e. The molecule has 3 heteroatoms. The molecule has 0 fully saturated rings. The molecule has 0 aromatic heterocycles. The van der Waals surface area contributed by atoms with Gasteiger partial charge in [-0.15, -0.1) is 0 Å². The van der Waals surface area contributed by atoms with Crippen LogP contribution >= 0.6 is 0 Å². The van der Waals surface area contributed by atoms with E-state index in [0.29, 0.717) is 11.3 Å². The van der Waals surface area contributed by atoms with E-state index in [2.05, 4.69) is 0 Å². The molecule has 0 N–H and O–H groups in total. The van der Waals surface area contributed by atoms with E-state index in [0.717, 1.165) is 16.3 Å². The van der Waals surface area contributed by atoms with Crippen molar-refractivity contribution < 1.29 is 8.42 Å². The summed E-state index contributed by atoms with van der Waals surface area (Å²) < 4.78 is 23.7. The van der Waals surface area contributed by atoms with Gasteiger partial charge >= 0.3 is 0 Å². The molecular weight excluding hydrogens is 232 g/mol. The zero-order valence-electron chi connectivity index (χ0n) is 9.26. The van der Waals surface area contributed by atoms with Crippen LogP contribution < -0.4 is 0 Å². The van der Waals surface area contributed by atoms with E-state index in [1.54, 1.807) is 0 Å². The summed E-state index contributed by atoms with van der Waals surface area (Å²) in [6.07, 6.45) is 2.45. The van der Waals surface area contributed by atoms with Gasteiger partial charge in [0, 0.05) is 0 Å². The zero-order chi connectivity index (χ0) is 11.9. The summed E-state index contributed by atoms with van der Waals surface area (Å²) in [5, 5.41) is 2.21. The van der Waals surface area contributed by atoms with Gasteiger partial charge in [0.1, 0.15) is 0 Å². The lowest BCUT2D eigenvalue weighted by atomic mass is 10.1. The molecule has 0 bridgehead atoms. The maximum absolute atomic E-state index is 11.8. The van der Waals surface area contributed by atoms with Crippen LogP contribution in [0.5, 0.6) is 0 Å². The van der Waals surface area contributed by atoms with Crippen LogP contribution in [0.2, 0.25) is 0 Å². The first-order valence-electron chi connectivity index (χ1n) is 5.59. The molecule has 1 heterocycles. The Labute approximate surface area is 101 Å². The van der Waals surface area contributed by atoms with Crippen LogP contribution in [0.1, 0.15) is 12.0 Å². The Morgan fingerprint density at radius 3 is 2.41 bits per heavy atom. The van der Waals surface area contributed by atoms with E-state index < -0.39 is 9.84 Å². The van der Waals surface area contributed by atoms with E-state index in [9.17, 15) is 8.42 Å². The molecule has 2 aromatic carbocycles. The van der Waals surface area contributed by atoms with Crippen molar-refractivity contribution in [2.45, 2.75) is 6.42 Å². The summed E-state index contributed by atoms with van der Waals surface area (Å²) in [6.45, 7) is 0. The number of rotatable bonds is 1. The van der Waals surface area contributed by atoms with Gasteiger partial charge in [-0.05, 0) is 28.8 Å². The number of hydrogen-bond donors (Lipinski definition) is 0. The highest BCUT2D eigenvalue weighted by molar-refractivity contribution is 8.00. The highest BCUT2D eigenvalue weighted by atomic mass is 32.2. The Hall–Kier alpha value is -1.61. The fourth-order valence-corrected chi connectivity index (χ4v) is 3.73. The first-order valence-corrected chi connectivity index (χ1v) is 7.24. The van der Waals surface area contributed by atoms with Crippen molar-refractivity contribution in [1.29, 1.82) is 0 Å². The lowest BCUT2D eigenvalue weighted by molar-refractivity contribution is 0.607. The minimum atomic E-state index is -3.05. The second kappa shape index (κ2) is 3.70. The van der Waals surface area contributed by atoms with Gasteiger partial charge in [0.2, 0.25) is 0 Å². The zero-order valence-corrected chi connectivity index (χ0v) is 10.1. The highest BCUT2D eigenvalue weighted by Gasteiger charge is 2.23. The molecule has 0 saturated carbocycles. The summed E-state index contributed by atoms with van der Waals surface area (Å²) in [4.78, 5) is 0.489. The minimum absolute atomic E-state index is 0.245. The Morgan fingerprint density at radius 1 is 0.941 bits per heavy atom. The summed E-state index contributed by atoms with van der Waals surface area (Å²) in [6, 6.07) is 13.8. The van der Waals surface area contributed by atoms with Crippen LogP contribution in [0.15, 0.2) is 48.5 Å². The van der Waals surface area contributed by atoms with Crippen LogP contribution in [-0.4, -0.2) is 14.2 Å². The molecule has 2 nitrogen and oxygen atoms in total. The standard InChI is InChI=1S/C14H12O2S/c15-17(16)9-3-6-14(17)13-8-7-11-4-1-2-5-12(11)10-13/h1-2,4-8,10H,3,9H2. The van der Waals surface area contributed by atoms with Crippen molar-refractivity contribution in [3.8, 4) is 0 Å². The third-order valence-electron chi connectivity index (χ3n) is 3.09. The molecule has 86 valence electrons. The van der Waals surface area contributed by atoms with Gasteiger partial charge < -0.3 is 0 Å². The van der Waals surface area contributed by atoms with Gasteiger partial charge in [-0.1, -0.05) is 42.5 Å². The number of allylic oxidation sites excluding steroid dienone is 1. The van der Waals surface area contributed by atoms with Gasteiger partial charge in [-0.3, -0.25) is 0 Å². The van der Waals surface area contributed by atoms with E-state index >= 15 is 0 Å². The maximum Gasteiger partial charge on any atom is 0.178 e. The van der Waals surface area contributed by atoms with Crippen molar-refractivity contribution in [2.75, 3.05) is 5.75 Å². The Bertz CT molecular complexity index is 712. The number of benzene rings is 2. The van der Waals surface area contributed by atoms with Gasteiger partial charge in [-0.2, -0.15) is 0 Å². The average molecular weight is 244 g/mol. The Balaban J connectivity index is 2.19. The summed E-state index contributed by atoms with van der Waals surface area (Å²) >= 11 is 0. The monoisotopic (exact) mass is 244 g/mol. The van der Waals surface area contributed by atoms with Crippen LogP contribution in [0, 0.1) is 0 Å². The lowest BCUT2D eigenvalue weighted by Gasteiger charge is -2.05. The molecule has 0 radical (unpaired) electrons. The second-order valence-corrected chi connectivity index (χ2v) is 6.32. The smallest absolute Gasteiger partial charge is 0.178 e. The molecule has 0 unspecified atom stereocenters. The van der Waals surface area contributed by atoms with Crippen molar-refractivity contribution in [1.82, 2.24) is 0 Å². The summed E-state index contributed by atoms with van der Waals surface area (Å²) in [7, 11) is -3.05. The van der Waals surface area contributed by atoms with Gasteiger partial charge in [0.15, 0.2) is 9.84 Å². The predicted molar refractivity (Wildman–Crippen MR) is 70.3 cm³/mol. The molecule has 3 rings (SSSR count). The van der Waals surface area contributed by atoms with Crippen molar-refractivity contribution in [3.05, 3.63) is 54.1 Å². The van der Waals surface area contributed by atoms with Crippen LogP contribution in [0.25, 0.3) is 15.7 Å². The highest BCUT2D eigenvalue weighted by Crippen LogP contribution is 2.30. The van der Waals surface area contributed by atoms with Gasteiger partial charge in [0.05, 0.1) is 10.7 Å². The summed E-state index contributed by atoms with van der Waals surface area (Å²) in [5.41, 5.74) is 0.807. The molecule has 0 spiro atoms. The molecule has 1 aliphatic heterocycles. The largest absolute Gasteiger partial charge is 0.224 e. The van der Waals surface area contributed by atoms with Crippen LogP contribution in [0.4, 0.5) is 0 Å². The molecule has 0 atom stereocenters. The Kier molecular flexibility index (Phi) is 2.30. The van der Waals surface area contributed by atoms with E-state index in [1.807, 2.05) is 48.5 Å². The molecule has 0 aliphatic carbocycles. The molecule has 0 saturated heterocycles. The van der Waals surface area contributed by atoms with Crippen molar-refractivity contribution in [2.24, 2.45) is 0 Å². The Morgan fingerprint density at radius 2 is 1.71 bits per heavy atom. The second-order valence-electron chi connectivity index (χ2n) is 4.24. The fraction of sp³-hybridized carbons (Fsp3) is 0.143. The van der Waals surface area contributed by atoms with Crippen LogP contribution in [-0.2, 0) is 9.84 Å². The maximum atomic E-state index is 11.8. The predicted octanol–water partition coefficient (Wildman–Crippen LogP) is 3.00. The van der Waals surface area contributed by atoms with Crippen molar-refractivity contribution >= 4 is 25.5 Å².